The number of sulfonamides is 1. The zero-order chi connectivity index (χ0) is 22.3. The molecule has 1 aromatic rings. The fourth-order valence-electron chi connectivity index (χ4n) is 3.24. The van der Waals surface area contributed by atoms with Gasteiger partial charge in [-0.15, -0.1) is 0 Å². The van der Waals surface area contributed by atoms with Gasteiger partial charge in [-0.2, -0.15) is 16.5 Å². The Morgan fingerprint density at radius 3 is 2.40 bits per heavy atom. The summed E-state index contributed by atoms with van der Waals surface area (Å²) in [5.41, 5.74) is 0. The van der Waals surface area contributed by atoms with Gasteiger partial charge in [0.05, 0.1) is 17.1 Å². The fraction of sp³-hybridized carbons (Fsp3) is 0.600. The van der Waals surface area contributed by atoms with Crippen LogP contribution >= 0.6 is 11.8 Å². The maximum atomic E-state index is 12.7. The van der Waals surface area contributed by atoms with E-state index < -0.39 is 28.1 Å². The van der Waals surface area contributed by atoms with E-state index in [4.69, 9.17) is 9.47 Å². The maximum absolute atomic E-state index is 12.7. The van der Waals surface area contributed by atoms with Gasteiger partial charge in [0, 0.05) is 13.1 Å². The number of nitrogens with zero attached hydrogens (tertiary/aromatic N) is 1. The van der Waals surface area contributed by atoms with Crippen LogP contribution in [0.1, 0.15) is 27.2 Å². The van der Waals surface area contributed by atoms with Gasteiger partial charge < -0.3 is 14.4 Å². The molecule has 0 aromatic heterocycles. The molecule has 4 unspecified atom stereocenters. The van der Waals surface area contributed by atoms with Gasteiger partial charge >= 0.3 is 5.97 Å². The number of amides is 1. The van der Waals surface area contributed by atoms with Gasteiger partial charge in [0.25, 0.3) is 5.91 Å². The van der Waals surface area contributed by atoms with Crippen LogP contribution in [0.4, 0.5) is 0 Å². The van der Waals surface area contributed by atoms with Crippen molar-refractivity contribution in [1.82, 2.24) is 9.62 Å². The summed E-state index contributed by atoms with van der Waals surface area (Å²) >= 11 is 1.49. The van der Waals surface area contributed by atoms with Gasteiger partial charge in [-0.25, -0.2) is 8.42 Å². The molecule has 168 valence electrons. The van der Waals surface area contributed by atoms with E-state index in [0.29, 0.717) is 18.8 Å². The number of morpholine rings is 1. The molecule has 0 saturated carbocycles. The number of esters is 1. The molecule has 10 heteroatoms. The Balaban J connectivity index is 2.06. The molecule has 1 fully saturated rings. The molecular formula is C20H30N2O6S2. The minimum absolute atomic E-state index is 0.0624. The van der Waals surface area contributed by atoms with Crippen LogP contribution < -0.4 is 4.72 Å². The van der Waals surface area contributed by atoms with Crippen molar-refractivity contribution < 1.29 is 27.5 Å². The number of rotatable bonds is 9. The fourth-order valence-corrected chi connectivity index (χ4v) is 4.95. The van der Waals surface area contributed by atoms with E-state index >= 15 is 0 Å². The third-order valence-electron chi connectivity index (χ3n) is 4.62. The number of hydrogen-bond donors (Lipinski definition) is 1. The molecule has 0 aliphatic carbocycles. The van der Waals surface area contributed by atoms with E-state index in [2.05, 4.69) is 4.72 Å². The van der Waals surface area contributed by atoms with Crippen molar-refractivity contribution in [3.63, 3.8) is 0 Å². The second-order valence-electron chi connectivity index (χ2n) is 7.35. The predicted molar refractivity (Wildman–Crippen MR) is 116 cm³/mol. The van der Waals surface area contributed by atoms with Crippen molar-refractivity contribution in [2.45, 2.75) is 56.4 Å². The highest BCUT2D eigenvalue weighted by molar-refractivity contribution is 7.98. The third kappa shape index (κ3) is 6.97. The van der Waals surface area contributed by atoms with E-state index in [1.165, 1.54) is 30.8 Å². The number of carbonyl (C=O) groups excluding carboxylic acids is 2. The third-order valence-corrected chi connectivity index (χ3v) is 6.75. The molecule has 30 heavy (non-hydrogen) atoms. The minimum Gasteiger partial charge on any atom is -0.451 e. The molecule has 0 bridgehead atoms. The topological polar surface area (TPSA) is 102 Å². The number of hydrogen-bond acceptors (Lipinski definition) is 7. The Labute approximate surface area is 182 Å². The second-order valence-corrected chi connectivity index (χ2v) is 10.0. The molecule has 1 aliphatic heterocycles. The van der Waals surface area contributed by atoms with Crippen molar-refractivity contribution in [2.75, 3.05) is 25.1 Å². The molecule has 1 amide bonds. The number of nitrogens with one attached hydrogen (secondary N) is 1. The van der Waals surface area contributed by atoms with Crippen molar-refractivity contribution in [3.05, 3.63) is 30.3 Å². The molecular weight excluding hydrogens is 428 g/mol. The summed E-state index contributed by atoms with van der Waals surface area (Å²) in [5.74, 6) is -0.531. The number of ether oxygens (including phenoxy) is 2. The van der Waals surface area contributed by atoms with Crippen LogP contribution in [0.2, 0.25) is 0 Å². The Hall–Kier alpha value is -1.62. The standard InChI is InChI=1S/C20H30N2O6S2/c1-14-12-22(13-15(2)27-14)19(23)16(3)28-20(24)18(10-11-29-4)21-30(25,26)17-8-6-5-7-9-17/h5-9,14-16,18,21H,10-13H2,1-4H3. The first-order valence-electron chi connectivity index (χ1n) is 9.85. The van der Waals surface area contributed by atoms with E-state index in [1.54, 1.807) is 23.1 Å². The number of benzene rings is 1. The summed E-state index contributed by atoms with van der Waals surface area (Å²) in [7, 11) is -3.90. The van der Waals surface area contributed by atoms with E-state index in [-0.39, 0.29) is 29.4 Å². The van der Waals surface area contributed by atoms with Crippen LogP contribution in [-0.4, -0.2) is 74.6 Å². The zero-order valence-corrected chi connectivity index (χ0v) is 19.4. The van der Waals surface area contributed by atoms with Crippen LogP contribution in [-0.2, 0) is 29.1 Å². The highest BCUT2D eigenvalue weighted by atomic mass is 32.2. The molecule has 2 rings (SSSR count). The van der Waals surface area contributed by atoms with E-state index in [0.717, 1.165) is 0 Å². The summed E-state index contributed by atoms with van der Waals surface area (Å²) in [6.45, 7) is 6.10. The molecule has 1 aliphatic rings. The number of carbonyl (C=O) groups is 2. The lowest BCUT2D eigenvalue weighted by atomic mass is 10.2. The van der Waals surface area contributed by atoms with Crippen molar-refractivity contribution in [3.8, 4) is 0 Å². The van der Waals surface area contributed by atoms with Crippen LogP contribution in [0.15, 0.2) is 35.2 Å². The molecule has 1 heterocycles. The quantitative estimate of drug-likeness (QED) is 0.562. The van der Waals surface area contributed by atoms with Gasteiger partial charge in [-0.05, 0) is 51.3 Å². The predicted octanol–water partition coefficient (Wildman–Crippen LogP) is 1.65. The Kier molecular flexibility index (Phi) is 9.14. The lowest BCUT2D eigenvalue weighted by molar-refractivity contribution is -0.165. The SMILES string of the molecule is CSCCC(NS(=O)(=O)c1ccccc1)C(=O)OC(C)C(=O)N1CC(C)OC(C)C1. The highest BCUT2D eigenvalue weighted by Crippen LogP contribution is 2.15. The van der Waals surface area contributed by atoms with Crippen molar-refractivity contribution in [2.24, 2.45) is 0 Å². The average Bonchev–Trinajstić information content (AvgIpc) is 2.70. The molecule has 1 N–H and O–H groups in total. The lowest BCUT2D eigenvalue weighted by Crippen LogP contribution is -2.52. The second kappa shape index (κ2) is 11.1. The first kappa shape index (κ1) is 24.6. The summed E-state index contributed by atoms with van der Waals surface area (Å²) < 4.78 is 38.7. The Morgan fingerprint density at radius 1 is 1.23 bits per heavy atom. The first-order valence-corrected chi connectivity index (χ1v) is 12.7. The Bertz CT molecular complexity index is 808. The zero-order valence-electron chi connectivity index (χ0n) is 17.7. The average molecular weight is 459 g/mol. The summed E-state index contributed by atoms with van der Waals surface area (Å²) in [6, 6.07) is 6.74. The molecule has 8 nitrogen and oxygen atoms in total. The molecule has 1 saturated heterocycles. The minimum atomic E-state index is -3.90. The van der Waals surface area contributed by atoms with Crippen LogP contribution in [0.5, 0.6) is 0 Å². The molecule has 4 atom stereocenters. The van der Waals surface area contributed by atoms with Gasteiger partial charge in [-0.3, -0.25) is 9.59 Å². The summed E-state index contributed by atoms with van der Waals surface area (Å²) in [4.78, 5) is 27.1. The lowest BCUT2D eigenvalue weighted by Gasteiger charge is -2.36. The van der Waals surface area contributed by atoms with E-state index in [9.17, 15) is 18.0 Å². The van der Waals surface area contributed by atoms with Gasteiger partial charge in [0.1, 0.15) is 6.04 Å². The highest BCUT2D eigenvalue weighted by Gasteiger charge is 2.33. The van der Waals surface area contributed by atoms with Crippen molar-refractivity contribution >= 4 is 33.7 Å². The van der Waals surface area contributed by atoms with Crippen LogP contribution in [0, 0.1) is 0 Å². The molecule has 1 aromatic carbocycles. The summed E-state index contributed by atoms with van der Waals surface area (Å²) in [6.07, 6.45) is 0.882. The maximum Gasteiger partial charge on any atom is 0.324 e. The van der Waals surface area contributed by atoms with Crippen molar-refractivity contribution in [1.29, 1.82) is 0 Å². The molecule has 0 radical (unpaired) electrons. The number of thioether (sulfide) groups is 1. The molecule has 0 spiro atoms. The summed E-state index contributed by atoms with van der Waals surface area (Å²) in [5, 5.41) is 0. The monoisotopic (exact) mass is 458 g/mol. The van der Waals surface area contributed by atoms with Crippen LogP contribution in [0.3, 0.4) is 0 Å². The largest absolute Gasteiger partial charge is 0.451 e. The van der Waals surface area contributed by atoms with E-state index in [1.807, 2.05) is 20.1 Å². The smallest absolute Gasteiger partial charge is 0.324 e. The first-order chi connectivity index (χ1) is 14.1. The van der Waals surface area contributed by atoms with Crippen LogP contribution in [0.25, 0.3) is 0 Å². The van der Waals surface area contributed by atoms with Gasteiger partial charge in [-0.1, -0.05) is 18.2 Å². The van der Waals surface area contributed by atoms with Gasteiger partial charge in [0.2, 0.25) is 10.0 Å². The Morgan fingerprint density at radius 2 is 1.83 bits per heavy atom. The van der Waals surface area contributed by atoms with Gasteiger partial charge in [0.15, 0.2) is 6.10 Å². The normalized spacial score (nSPS) is 21.7.